The zero-order valence-electron chi connectivity index (χ0n) is 13.3. The quantitative estimate of drug-likeness (QED) is 0.699. The van der Waals surface area contributed by atoms with Gasteiger partial charge < -0.3 is 9.84 Å². The van der Waals surface area contributed by atoms with E-state index in [2.05, 4.69) is 31.1 Å². The third kappa shape index (κ3) is 2.74. The third-order valence-corrected chi connectivity index (χ3v) is 4.90. The smallest absolute Gasteiger partial charge is 0.413 e. The van der Waals surface area contributed by atoms with Gasteiger partial charge in [-0.2, -0.15) is 10.2 Å². The Bertz CT molecular complexity index is 1030. The van der Waals surface area contributed by atoms with Crippen molar-refractivity contribution in [3.05, 3.63) is 52.1 Å². The molecule has 132 valence electrons. The first-order chi connectivity index (χ1) is 12.6. The molecule has 2 aromatic heterocycles. The van der Waals surface area contributed by atoms with Gasteiger partial charge in [0.2, 0.25) is 0 Å². The number of halogens is 2. The van der Waals surface area contributed by atoms with E-state index in [4.69, 9.17) is 4.74 Å². The summed E-state index contributed by atoms with van der Waals surface area (Å²) in [6.07, 6.45) is 3.74. The number of ether oxygens (including phenoxy) is 1. The summed E-state index contributed by atoms with van der Waals surface area (Å²) in [4.78, 5) is 17.2. The van der Waals surface area contributed by atoms with Crippen molar-refractivity contribution in [1.29, 1.82) is 0 Å². The van der Waals surface area contributed by atoms with Crippen molar-refractivity contribution in [3.8, 4) is 5.75 Å². The normalized spacial score (nSPS) is 12.7. The lowest BCUT2D eigenvalue weighted by molar-refractivity contribution is 0.201. The first kappa shape index (κ1) is 16.6. The summed E-state index contributed by atoms with van der Waals surface area (Å²) in [6.45, 7) is 0.271. The van der Waals surface area contributed by atoms with E-state index in [1.54, 1.807) is 6.07 Å². The number of aromatic nitrogens is 3. The van der Waals surface area contributed by atoms with E-state index in [0.717, 1.165) is 4.90 Å². The number of benzene rings is 1. The Hall–Kier alpha value is -2.81. The molecule has 0 unspecified atom stereocenters. The molecule has 26 heavy (non-hydrogen) atoms. The predicted molar refractivity (Wildman–Crippen MR) is 94.8 cm³/mol. The number of hydrogen-bond donors (Lipinski definition) is 1. The van der Waals surface area contributed by atoms with Gasteiger partial charge in [0.15, 0.2) is 0 Å². The standard InChI is InChI=1S/C17H12BrFN4O3/c18-13-7-20-16(11-6-22-21-5-10(11)13)23(17(24)25)8-12-9-3-4-26-15(9)2-1-14(12)19/h1-2,5-7H,3-4,8H2,(H,24,25). The van der Waals surface area contributed by atoms with E-state index in [-0.39, 0.29) is 12.4 Å². The van der Waals surface area contributed by atoms with Crippen molar-refractivity contribution in [2.75, 3.05) is 11.5 Å². The molecule has 0 saturated heterocycles. The monoisotopic (exact) mass is 418 g/mol. The molecule has 1 aliphatic rings. The molecule has 0 atom stereocenters. The van der Waals surface area contributed by atoms with Gasteiger partial charge in [0.05, 0.1) is 25.5 Å². The highest BCUT2D eigenvalue weighted by molar-refractivity contribution is 9.10. The van der Waals surface area contributed by atoms with Crippen LogP contribution in [0.3, 0.4) is 0 Å². The number of hydrogen-bond acceptors (Lipinski definition) is 5. The van der Waals surface area contributed by atoms with Gasteiger partial charge in [0.1, 0.15) is 17.4 Å². The summed E-state index contributed by atoms with van der Waals surface area (Å²) in [5.74, 6) is 0.287. The lowest BCUT2D eigenvalue weighted by Crippen LogP contribution is -2.30. The van der Waals surface area contributed by atoms with Crippen molar-refractivity contribution in [2.45, 2.75) is 13.0 Å². The lowest BCUT2D eigenvalue weighted by atomic mass is 10.0. The second kappa shape index (κ2) is 6.49. The van der Waals surface area contributed by atoms with Crippen LogP contribution in [0.25, 0.3) is 10.8 Å². The number of amides is 1. The number of carboxylic acid groups (broad SMARTS) is 1. The molecule has 0 fully saturated rings. The minimum absolute atomic E-state index is 0.168. The van der Waals surface area contributed by atoms with Crippen LogP contribution < -0.4 is 9.64 Å². The van der Waals surface area contributed by atoms with Gasteiger partial charge in [-0.05, 0) is 28.1 Å². The second-order valence-electron chi connectivity index (χ2n) is 5.72. The molecule has 0 spiro atoms. The average molecular weight is 419 g/mol. The molecular weight excluding hydrogens is 407 g/mol. The predicted octanol–water partition coefficient (Wildman–Crippen LogP) is 3.55. The van der Waals surface area contributed by atoms with Crippen molar-refractivity contribution in [1.82, 2.24) is 15.2 Å². The highest BCUT2D eigenvalue weighted by Crippen LogP contribution is 2.34. The van der Waals surface area contributed by atoms with Crippen molar-refractivity contribution < 1.29 is 19.0 Å². The van der Waals surface area contributed by atoms with Gasteiger partial charge in [0, 0.05) is 39.0 Å². The molecular formula is C17H12BrFN4O3. The van der Waals surface area contributed by atoms with Crippen molar-refractivity contribution in [2.24, 2.45) is 0 Å². The first-order valence-corrected chi connectivity index (χ1v) is 8.54. The van der Waals surface area contributed by atoms with Crippen LogP contribution in [0.2, 0.25) is 0 Å². The zero-order valence-corrected chi connectivity index (χ0v) is 14.9. The summed E-state index contributed by atoms with van der Waals surface area (Å²) >= 11 is 3.36. The van der Waals surface area contributed by atoms with Gasteiger partial charge in [-0.3, -0.25) is 4.90 Å². The van der Waals surface area contributed by atoms with Crippen LogP contribution in [0.15, 0.2) is 35.2 Å². The fourth-order valence-electron chi connectivity index (χ4n) is 3.04. The minimum Gasteiger partial charge on any atom is -0.493 e. The van der Waals surface area contributed by atoms with Gasteiger partial charge in [-0.15, -0.1) is 0 Å². The number of nitrogens with zero attached hydrogens (tertiary/aromatic N) is 4. The highest BCUT2D eigenvalue weighted by Gasteiger charge is 2.26. The molecule has 0 radical (unpaired) electrons. The van der Waals surface area contributed by atoms with Crippen LogP contribution in [0.1, 0.15) is 11.1 Å². The molecule has 3 aromatic rings. The van der Waals surface area contributed by atoms with E-state index in [1.165, 1.54) is 24.7 Å². The number of carbonyl (C=O) groups is 1. The Morgan fingerprint density at radius 3 is 2.81 bits per heavy atom. The van der Waals surface area contributed by atoms with E-state index in [1.807, 2.05) is 0 Å². The molecule has 0 saturated carbocycles. The number of rotatable bonds is 3. The van der Waals surface area contributed by atoms with Crippen LogP contribution in [0, 0.1) is 5.82 Å². The summed E-state index contributed by atoms with van der Waals surface area (Å²) < 4.78 is 20.6. The fourth-order valence-corrected chi connectivity index (χ4v) is 3.46. The number of pyridine rings is 1. The van der Waals surface area contributed by atoms with E-state index < -0.39 is 11.9 Å². The number of anilines is 1. The summed E-state index contributed by atoms with van der Waals surface area (Å²) in [6, 6.07) is 2.85. The molecule has 1 aromatic carbocycles. The molecule has 1 N–H and O–H groups in total. The third-order valence-electron chi connectivity index (χ3n) is 4.27. The zero-order chi connectivity index (χ0) is 18.3. The Balaban J connectivity index is 1.84. The van der Waals surface area contributed by atoms with Crippen LogP contribution in [0.4, 0.5) is 15.0 Å². The molecule has 4 rings (SSSR count). The molecule has 3 heterocycles. The minimum atomic E-state index is -1.24. The largest absolute Gasteiger partial charge is 0.493 e. The number of fused-ring (bicyclic) bond motifs is 2. The Morgan fingerprint density at radius 2 is 2.04 bits per heavy atom. The van der Waals surface area contributed by atoms with E-state index >= 15 is 0 Å². The maximum atomic E-state index is 14.4. The Morgan fingerprint density at radius 1 is 1.27 bits per heavy atom. The van der Waals surface area contributed by atoms with E-state index in [9.17, 15) is 14.3 Å². The molecule has 9 heteroatoms. The lowest BCUT2D eigenvalue weighted by Gasteiger charge is -2.21. The second-order valence-corrected chi connectivity index (χ2v) is 6.57. The molecule has 0 bridgehead atoms. The van der Waals surface area contributed by atoms with Crippen LogP contribution in [-0.4, -0.2) is 33.0 Å². The van der Waals surface area contributed by atoms with Gasteiger partial charge >= 0.3 is 6.09 Å². The summed E-state index contributed by atoms with van der Waals surface area (Å²) in [5.41, 5.74) is 0.986. The topological polar surface area (TPSA) is 88.4 Å². The van der Waals surface area contributed by atoms with Crippen LogP contribution in [0.5, 0.6) is 5.75 Å². The van der Waals surface area contributed by atoms with Crippen molar-refractivity contribution in [3.63, 3.8) is 0 Å². The maximum absolute atomic E-state index is 14.4. The Labute approximate surface area is 155 Å². The SMILES string of the molecule is O=C(O)N(Cc1c(F)ccc2c1CCO2)c1ncc(Br)c2cnncc12. The van der Waals surface area contributed by atoms with Crippen LogP contribution in [-0.2, 0) is 13.0 Å². The van der Waals surface area contributed by atoms with Crippen molar-refractivity contribution >= 4 is 38.6 Å². The average Bonchev–Trinajstić information content (AvgIpc) is 3.11. The molecule has 0 aliphatic carbocycles. The molecule has 7 nitrogen and oxygen atoms in total. The molecule has 1 amide bonds. The van der Waals surface area contributed by atoms with Gasteiger partial charge in [-0.1, -0.05) is 0 Å². The fraction of sp³-hybridized carbons (Fsp3) is 0.176. The van der Waals surface area contributed by atoms with Crippen LogP contribution >= 0.6 is 15.9 Å². The molecule has 1 aliphatic heterocycles. The first-order valence-electron chi connectivity index (χ1n) is 7.74. The van der Waals surface area contributed by atoms with Gasteiger partial charge in [-0.25, -0.2) is 14.2 Å². The highest BCUT2D eigenvalue weighted by atomic mass is 79.9. The maximum Gasteiger partial charge on any atom is 0.413 e. The summed E-state index contributed by atoms with van der Waals surface area (Å²) in [5, 5.41) is 18.5. The Kier molecular flexibility index (Phi) is 4.15. The van der Waals surface area contributed by atoms with E-state index in [0.29, 0.717) is 45.1 Å². The summed E-state index contributed by atoms with van der Waals surface area (Å²) in [7, 11) is 0. The van der Waals surface area contributed by atoms with Gasteiger partial charge in [0.25, 0.3) is 0 Å².